The van der Waals surface area contributed by atoms with Crippen molar-refractivity contribution in [1.29, 1.82) is 0 Å². The second-order valence-electron chi connectivity index (χ2n) is 4.69. The Kier molecular flexibility index (Phi) is 4.24. The molecule has 1 aromatic heterocycles. The smallest absolute Gasteiger partial charge is 0.257 e. The maximum atomic E-state index is 12.2. The topological polar surface area (TPSA) is 77.2 Å². The highest BCUT2D eigenvalue weighted by Crippen LogP contribution is 2.22. The SMILES string of the molecule is Cc1cnc(NC(=O)c2cc(N)cc(OC(C)C)c2)s1. The number of rotatable bonds is 4. The number of hydrogen-bond donors (Lipinski definition) is 2. The van der Waals surface area contributed by atoms with E-state index >= 15 is 0 Å². The van der Waals surface area contributed by atoms with E-state index in [0.717, 1.165) is 4.88 Å². The first-order valence-electron chi connectivity index (χ1n) is 6.25. The zero-order valence-corrected chi connectivity index (χ0v) is 12.5. The van der Waals surface area contributed by atoms with Crippen LogP contribution < -0.4 is 15.8 Å². The fourth-order valence-corrected chi connectivity index (χ4v) is 2.33. The number of benzene rings is 1. The lowest BCUT2D eigenvalue weighted by atomic mass is 10.1. The number of aromatic nitrogens is 1. The number of aryl methyl sites for hydroxylation is 1. The molecule has 0 bridgehead atoms. The van der Waals surface area contributed by atoms with Gasteiger partial charge in [0, 0.05) is 28.4 Å². The first-order chi connectivity index (χ1) is 9.44. The van der Waals surface area contributed by atoms with Gasteiger partial charge in [-0.15, -0.1) is 11.3 Å². The van der Waals surface area contributed by atoms with Crippen LogP contribution in [0.25, 0.3) is 0 Å². The predicted octanol–water partition coefficient (Wildman–Crippen LogP) is 3.07. The number of nitrogens with zero attached hydrogens (tertiary/aromatic N) is 1. The molecular formula is C14H17N3O2S. The minimum atomic E-state index is -0.250. The van der Waals surface area contributed by atoms with Crippen molar-refractivity contribution in [2.24, 2.45) is 0 Å². The van der Waals surface area contributed by atoms with Crippen molar-refractivity contribution in [2.75, 3.05) is 11.1 Å². The summed E-state index contributed by atoms with van der Waals surface area (Å²) in [6.07, 6.45) is 1.74. The Morgan fingerprint density at radius 2 is 2.15 bits per heavy atom. The Hall–Kier alpha value is -2.08. The monoisotopic (exact) mass is 291 g/mol. The molecule has 0 aliphatic carbocycles. The zero-order valence-electron chi connectivity index (χ0n) is 11.6. The van der Waals surface area contributed by atoms with Crippen molar-refractivity contribution >= 4 is 28.1 Å². The van der Waals surface area contributed by atoms with Gasteiger partial charge in [0.25, 0.3) is 5.91 Å². The van der Waals surface area contributed by atoms with Gasteiger partial charge in [0.1, 0.15) is 5.75 Å². The van der Waals surface area contributed by atoms with Gasteiger partial charge in [-0.1, -0.05) is 0 Å². The largest absolute Gasteiger partial charge is 0.491 e. The third-order valence-electron chi connectivity index (χ3n) is 2.40. The van der Waals surface area contributed by atoms with Crippen LogP contribution in [-0.2, 0) is 0 Å². The minimum Gasteiger partial charge on any atom is -0.491 e. The maximum absolute atomic E-state index is 12.2. The summed E-state index contributed by atoms with van der Waals surface area (Å²) in [5.41, 5.74) is 6.74. The van der Waals surface area contributed by atoms with E-state index < -0.39 is 0 Å². The van der Waals surface area contributed by atoms with Gasteiger partial charge < -0.3 is 10.5 Å². The van der Waals surface area contributed by atoms with Crippen LogP contribution in [0.2, 0.25) is 0 Å². The van der Waals surface area contributed by atoms with Crippen molar-refractivity contribution in [3.8, 4) is 5.75 Å². The number of amides is 1. The number of carbonyl (C=O) groups excluding carboxylic acids is 1. The second-order valence-corrected chi connectivity index (χ2v) is 5.92. The summed E-state index contributed by atoms with van der Waals surface area (Å²) >= 11 is 1.42. The maximum Gasteiger partial charge on any atom is 0.257 e. The standard InChI is InChI=1S/C14H17N3O2S/c1-8(2)19-12-5-10(4-11(15)6-12)13(18)17-14-16-7-9(3)20-14/h4-8H,15H2,1-3H3,(H,16,17,18). The fraction of sp³-hybridized carbons (Fsp3) is 0.286. The van der Waals surface area contributed by atoms with Crippen LogP contribution in [0.1, 0.15) is 29.1 Å². The molecule has 5 nitrogen and oxygen atoms in total. The Bertz CT molecular complexity index is 623. The summed E-state index contributed by atoms with van der Waals surface area (Å²) < 4.78 is 5.57. The number of carbonyl (C=O) groups is 1. The van der Waals surface area contributed by atoms with Crippen molar-refractivity contribution in [1.82, 2.24) is 4.98 Å². The quantitative estimate of drug-likeness (QED) is 0.849. The molecule has 0 radical (unpaired) electrons. The third-order valence-corrected chi connectivity index (χ3v) is 3.23. The molecule has 6 heteroatoms. The van der Waals surface area contributed by atoms with E-state index in [1.54, 1.807) is 24.4 Å². The molecule has 2 rings (SSSR count). The number of nitrogen functional groups attached to an aromatic ring is 1. The van der Waals surface area contributed by atoms with Gasteiger partial charge in [-0.3, -0.25) is 10.1 Å². The number of nitrogens with two attached hydrogens (primary N) is 1. The summed E-state index contributed by atoms with van der Waals surface area (Å²) in [5, 5.41) is 3.31. The molecule has 0 saturated carbocycles. The summed E-state index contributed by atoms with van der Waals surface area (Å²) in [6.45, 7) is 5.77. The average Bonchev–Trinajstić information content (AvgIpc) is 2.73. The number of ether oxygens (including phenoxy) is 1. The summed E-state index contributed by atoms with van der Waals surface area (Å²) in [7, 11) is 0. The van der Waals surface area contributed by atoms with Gasteiger partial charge in [0.15, 0.2) is 5.13 Å². The highest BCUT2D eigenvalue weighted by molar-refractivity contribution is 7.15. The molecule has 1 heterocycles. The van der Waals surface area contributed by atoms with Gasteiger partial charge in [-0.25, -0.2) is 4.98 Å². The van der Waals surface area contributed by atoms with E-state index in [0.29, 0.717) is 22.1 Å². The Balaban J connectivity index is 2.18. The lowest BCUT2D eigenvalue weighted by molar-refractivity contribution is 0.102. The van der Waals surface area contributed by atoms with Gasteiger partial charge in [-0.2, -0.15) is 0 Å². The van der Waals surface area contributed by atoms with Gasteiger partial charge in [0.05, 0.1) is 6.10 Å². The predicted molar refractivity (Wildman–Crippen MR) is 81.4 cm³/mol. The molecule has 0 unspecified atom stereocenters. The van der Waals surface area contributed by atoms with Crippen molar-refractivity contribution < 1.29 is 9.53 Å². The van der Waals surface area contributed by atoms with E-state index in [-0.39, 0.29) is 12.0 Å². The Morgan fingerprint density at radius 3 is 2.75 bits per heavy atom. The van der Waals surface area contributed by atoms with Crippen LogP contribution in [0.4, 0.5) is 10.8 Å². The molecule has 0 aliphatic heterocycles. The molecule has 2 aromatic rings. The summed E-state index contributed by atoms with van der Waals surface area (Å²) in [6, 6.07) is 4.99. The zero-order chi connectivity index (χ0) is 14.7. The molecule has 1 aromatic carbocycles. The van der Waals surface area contributed by atoms with Crippen LogP contribution in [0.3, 0.4) is 0 Å². The lowest BCUT2D eigenvalue weighted by Crippen LogP contribution is -2.13. The lowest BCUT2D eigenvalue weighted by Gasteiger charge is -2.11. The first kappa shape index (κ1) is 14.3. The van der Waals surface area contributed by atoms with Crippen LogP contribution >= 0.6 is 11.3 Å². The molecule has 0 aliphatic rings. The second kappa shape index (κ2) is 5.92. The first-order valence-corrected chi connectivity index (χ1v) is 7.06. The van der Waals surface area contributed by atoms with Crippen LogP contribution in [-0.4, -0.2) is 17.0 Å². The number of anilines is 2. The van der Waals surface area contributed by atoms with Crippen LogP contribution in [0, 0.1) is 6.92 Å². The number of hydrogen-bond acceptors (Lipinski definition) is 5. The van der Waals surface area contributed by atoms with Gasteiger partial charge in [-0.05, 0) is 32.9 Å². The van der Waals surface area contributed by atoms with Crippen LogP contribution in [0.5, 0.6) is 5.75 Å². The normalized spacial score (nSPS) is 10.6. The van der Waals surface area contributed by atoms with Crippen molar-refractivity contribution in [3.05, 3.63) is 34.8 Å². The molecule has 20 heavy (non-hydrogen) atoms. The van der Waals surface area contributed by atoms with Gasteiger partial charge >= 0.3 is 0 Å². The van der Waals surface area contributed by atoms with E-state index in [1.807, 2.05) is 20.8 Å². The molecule has 0 atom stereocenters. The fourth-order valence-electron chi connectivity index (χ4n) is 1.68. The van der Waals surface area contributed by atoms with E-state index in [4.69, 9.17) is 10.5 Å². The van der Waals surface area contributed by atoms with E-state index in [2.05, 4.69) is 10.3 Å². The molecule has 0 saturated heterocycles. The molecule has 1 amide bonds. The number of thiazole rings is 1. The molecule has 3 N–H and O–H groups in total. The molecule has 0 spiro atoms. The molecule has 0 fully saturated rings. The summed E-state index contributed by atoms with van der Waals surface area (Å²) in [5.74, 6) is 0.334. The van der Waals surface area contributed by atoms with Crippen molar-refractivity contribution in [3.63, 3.8) is 0 Å². The highest BCUT2D eigenvalue weighted by atomic mass is 32.1. The van der Waals surface area contributed by atoms with Crippen LogP contribution in [0.15, 0.2) is 24.4 Å². The van der Waals surface area contributed by atoms with E-state index in [1.165, 1.54) is 11.3 Å². The highest BCUT2D eigenvalue weighted by Gasteiger charge is 2.11. The number of nitrogens with one attached hydrogen (secondary N) is 1. The Morgan fingerprint density at radius 1 is 1.40 bits per heavy atom. The third kappa shape index (κ3) is 3.71. The average molecular weight is 291 g/mol. The van der Waals surface area contributed by atoms with Gasteiger partial charge in [0.2, 0.25) is 0 Å². The summed E-state index contributed by atoms with van der Waals surface area (Å²) in [4.78, 5) is 17.3. The molecule has 106 valence electrons. The van der Waals surface area contributed by atoms with E-state index in [9.17, 15) is 4.79 Å². The van der Waals surface area contributed by atoms with Crippen molar-refractivity contribution in [2.45, 2.75) is 26.9 Å². The Labute approximate surface area is 121 Å². The molecular weight excluding hydrogens is 274 g/mol. The minimum absolute atomic E-state index is 0.0225.